The Morgan fingerprint density at radius 2 is 1.84 bits per heavy atom. The fourth-order valence-corrected chi connectivity index (χ4v) is 2.15. The molecule has 0 unspecified atom stereocenters. The first-order valence-corrected chi connectivity index (χ1v) is 7.27. The van der Waals surface area contributed by atoms with Crippen molar-refractivity contribution in [2.45, 2.75) is 0 Å². The lowest BCUT2D eigenvalue weighted by atomic mass is 10.2. The molecule has 0 atom stereocenters. The Bertz CT molecular complexity index is 752. The molecule has 0 radical (unpaired) electrons. The lowest BCUT2D eigenvalue weighted by Gasteiger charge is -2.15. The number of hydrogen-bond acceptors (Lipinski definition) is 7. The van der Waals surface area contributed by atoms with E-state index in [9.17, 15) is 4.79 Å². The van der Waals surface area contributed by atoms with E-state index in [1.54, 1.807) is 30.5 Å². The highest BCUT2D eigenvalue weighted by Gasteiger charge is 2.14. The summed E-state index contributed by atoms with van der Waals surface area (Å²) in [6, 6.07) is 6.99. The molecule has 1 amide bonds. The van der Waals surface area contributed by atoms with E-state index in [0.29, 0.717) is 34.3 Å². The van der Waals surface area contributed by atoms with E-state index in [1.165, 1.54) is 39.0 Å². The Kier molecular flexibility index (Phi) is 6.19. The highest BCUT2D eigenvalue weighted by molar-refractivity contribution is 5.91. The van der Waals surface area contributed by atoms with E-state index in [1.807, 2.05) is 0 Å². The number of hydrogen-bond donors (Lipinski definition) is 3. The van der Waals surface area contributed by atoms with E-state index in [0.717, 1.165) is 0 Å². The minimum Gasteiger partial charge on any atom is -0.493 e. The van der Waals surface area contributed by atoms with Crippen molar-refractivity contribution in [2.24, 2.45) is 0 Å². The molecule has 8 heteroatoms. The molecule has 0 bridgehead atoms. The van der Waals surface area contributed by atoms with Crippen LogP contribution < -0.4 is 25.0 Å². The van der Waals surface area contributed by atoms with Gasteiger partial charge in [0.1, 0.15) is 5.82 Å². The van der Waals surface area contributed by atoms with Crippen molar-refractivity contribution < 1.29 is 24.2 Å². The molecule has 132 valence electrons. The van der Waals surface area contributed by atoms with E-state index in [4.69, 9.17) is 19.4 Å². The molecule has 0 aliphatic rings. The summed E-state index contributed by atoms with van der Waals surface area (Å²) in [5.41, 5.74) is 2.85. The lowest BCUT2D eigenvalue weighted by Crippen LogP contribution is -2.14. The van der Waals surface area contributed by atoms with Gasteiger partial charge in [-0.3, -0.25) is 10.0 Å². The summed E-state index contributed by atoms with van der Waals surface area (Å²) in [7, 11) is 4.59. The van der Waals surface area contributed by atoms with Crippen LogP contribution in [-0.4, -0.2) is 37.4 Å². The van der Waals surface area contributed by atoms with Gasteiger partial charge in [0, 0.05) is 35.7 Å². The van der Waals surface area contributed by atoms with Gasteiger partial charge in [0.15, 0.2) is 11.5 Å². The summed E-state index contributed by atoms with van der Waals surface area (Å²) in [6.07, 6.45) is 4.33. The van der Waals surface area contributed by atoms with Gasteiger partial charge in [-0.1, -0.05) is 0 Å². The normalized spacial score (nSPS) is 10.4. The van der Waals surface area contributed by atoms with Crippen molar-refractivity contribution in [1.29, 1.82) is 0 Å². The molecule has 1 heterocycles. The first kappa shape index (κ1) is 18.1. The first-order valence-electron chi connectivity index (χ1n) is 7.27. The molecule has 0 fully saturated rings. The predicted molar refractivity (Wildman–Crippen MR) is 92.6 cm³/mol. The smallest absolute Gasteiger partial charge is 0.267 e. The van der Waals surface area contributed by atoms with Gasteiger partial charge < -0.3 is 19.5 Å². The average molecular weight is 345 g/mol. The summed E-state index contributed by atoms with van der Waals surface area (Å²) in [4.78, 5) is 15.4. The maximum Gasteiger partial charge on any atom is 0.267 e. The Labute approximate surface area is 145 Å². The lowest BCUT2D eigenvalue weighted by molar-refractivity contribution is -0.124. The molecule has 1 aromatic carbocycles. The fourth-order valence-electron chi connectivity index (χ4n) is 2.15. The number of aromatic nitrogens is 1. The van der Waals surface area contributed by atoms with Crippen LogP contribution in [0, 0.1) is 0 Å². The van der Waals surface area contributed by atoms with Crippen molar-refractivity contribution in [1.82, 2.24) is 10.5 Å². The monoisotopic (exact) mass is 345 g/mol. The van der Waals surface area contributed by atoms with Crippen LogP contribution in [0.15, 0.2) is 36.5 Å². The zero-order valence-electron chi connectivity index (χ0n) is 14.1. The van der Waals surface area contributed by atoms with E-state index in [-0.39, 0.29) is 0 Å². The zero-order valence-corrected chi connectivity index (χ0v) is 14.1. The van der Waals surface area contributed by atoms with Gasteiger partial charge in [0.05, 0.1) is 21.3 Å². The van der Waals surface area contributed by atoms with Crippen LogP contribution in [0.4, 0.5) is 11.5 Å². The number of methoxy groups -OCH3 is 3. The van der Waals surface area contributed by atoms with Crippen molar-refractivity contribution >= 4 is 23.5 Å². The van der Waals surface area contributed by atoms with Crippen molar-refractivity contribution in [3.05, 3.63) is 42.1 Å². The molecule has 8 nitrogen and oxygen atoms in total. The third-order valence-corrected chi connectivity index (χ3v) is 3.29. The van der Waals surface area contributed by atoms with Gasteiger partial charge in [-0.15, -0.1) is 0 Å². The summed E-state index contributed by atoms with van der Waals surface area (Å²) >= 11 is 0. The van der Waals surface area contributed by atoms with E-state index in [2.05, 4.69) is 10.3 Å². The van der Waals surface area contributed by atoms with Crippen LogP contribution in [0.1, 0.15) is 5.56 Å². The molecule has 0 aliphatic carbocycles. The van der Waals surface area contributed by atoms with E-state index < -0.39 is 5.91 Å². The number of carbonyl (C=O) groups is 1. The molecule has 0 saturated carbocycles. The second-order valence-corrected chi connectivity index (χ2v) is 4.79. The van der Waals surface area contributed by atoms with Gasteiger partial charge in [-0.05, 0) is 18.2 Å². The first-order chi connectivity index (χ1) is 12.1. The van der Waals surface area contributed by atoms with Crippen molar-refractivity contribution in [3.8, 4) is 17.2 Å². The third kappa shape index (κ3) is 4.39. The summed E-state index contributed by atoms with van der Waals surface area (Å²) in [5.74, 6) is 1.35. The largest absolute Gasteiger partial charge is 0.493 e. The number of benzene rings is 1. The van der Waals surface area contributed by atoms with Crippen LogP contribution in [0.2, 0.25) is 0 Å². The molecule has 0 saturated heterocycles. The zero-order chi connectivity index (χ0) is 18.2. The van der Waals surface area contributed by atoms with Gasteiger partial charge in [-0.2, -0.15) is 0 Å². The fraction of sp³-hybridized carbons (Fsp3) is 0.176. The number of nitrogens with one attached hydrogen (secondary N) is 2. The minimum absolute atomic E-state index is 0.483. The number of anilines is 2. The maximum absolute atomic E-state index is 11.2. The van der Waals surface area contributed by atoms with Gasteiger partial charge >= 0.3 is 0 Å². The molecular formula is C17H19N3O5. The van der Waals surface area contributed by atoms with Crippen LogP contribution in [0.25, 0.3) is 6.08 Å². The van der Waals surface area contributed by atoms with Gasteiger partial charge in [-0.25, -0.2) is 10.5 Å². The van der Waals surface area contributed by atoms with Crippen LogP contribution in [0.3, 0.4) is 0 Å². The van der Waals surface area contributed by atoms with Crippen molar-refractivity contribution in [2.75, 3.05) is 26.6 Å². The third-order valence-electron chi connectivity index (χ3n) is 3.29. The number of pyridine rings is 1. The van der Waals surface area contributed by atoms with E-state index >= 15 is 0 Å². The molecule has 25 heavy (non-hydrogen) atoms. The molecule has 1 aromatic heterocycles. The average Bonchev–Trinajstić information content (AvgIpc) is 2.66. The highest BCUT2D eigenvalue weighted by atomic mass is 16.5. The molecule has 0 aliphatic heterocycles. The van der Waals surface area contributed by atoms with Gasteiger partial charge in [0.25, 0.3) is 5.91 Å². The molecule has 2 aromatic rings. The number of rotatable bonds is 7. The SMILES string of the molecule is COc1cc(Nc2ncccc2C=CC(=O)NO)cc(OC)c1OC. The standard InChI is InChI=1S/C17H19N3O5/c1-23-13-9-12(10-14(24-2)16(13)25-3)19-17-11(5-4-8-18-17)6-7-15(21)20-22/h4-10,22H,1-3H3,(H,18,19)(H,20,21). The van der Waals surface area contributed by atoms with Crippen LogP contribution in [-0.2, 0) is 4.79 Å². The molecule has 2 rings (SSSR count). The summed E-state index contributed by atoms with van der Waals surface area (Å²) in [5, 5.41) is 11.7. The topological polar surface area (TPSA) is 102 Å². The van der Waals surface area contributed by atoms with Crippen molar-refractivity contribution in [3.63, 3.8) is 0 Å². The summed E-state index contributed by atoms with van der Waals surface area (Å²) in [6.45, 7) is 0. The molecule has 3 N–H and O–H groups in total. The highest BCUT2D eigenvalue weighted by Crippen LogP contribution is 2.40. The minimum atomic E-state index is -0.636. The number of amides is 1. The Morgan fingerprint density at radius 3 is 2.40 bits per heavy atom. The number of nitrogens with zero attached hydrogens (tertiary/aromatic N) is 1. The second-order valence-electron chi connectivity index (χ2n) is 4.79. The maximum atomic E-state index is 11.2. The molecule has 0 spiro atoms. The molecular weight excluding hydrogens is 326 g/mol. The second kappa shape index (κ2) is 8.55. The number of ether oxygens (including phenoxy) is 3. The van der Waals surface area contributed by atoms with Crippen LogP contribution in [0.5, 0.6) is 17.2 Å². The Balaban J connectivity index is 2.37. The quantitative estimate of drug-likeness (QED) is 0.402. The van der Waals surface area contributed by atoms with Crippen LogP contribution >= 0.6 is 0 Å². The van der Waals surface area contributed by atoms with Gasteiger partial charge in [0.2, 0.25) is 5.75 Å². The number of hydroxylamine groups is 1. The Hall–Kier alpha value is -3.26. The summed E-state index contributed by atoms with van der Waals surface area (Å²) < 4.78 is 15.9. The predicted octanol–water partition coefficient (Wildman–Crippen LogP) is 2.37. The Morgan fingerprint density at radius 1 is 1.16 bits per heavy atom. The number of carbonyl (C=O) groups excluding carboxylic acids is 1.